The molecule has 5 nitrogen and oxygen atoms in total. The summed E-state index contributed by atoms with van der Waals surface area (Å²) in [5.41, 5.74) is 2.42. The highest BCUT2D eigenvalue weighted by atomic mass is 16.5. The Balaban J connectivity index is 1.37. The summed E-state index contributed by atoms with van der Waals surface area (Å²) in [5.74, 6) is -0.0269. The first kappa shape index (κ1) is 20.3. The van der Waals surface area contributed by atoms with Gasteiger partial charge in [-0.3, -0.25) is 9.69 Å². The van der Waals surface area contributed by atoms with Gasteiger partial charge in [0.2, 0.25) is 5.91 Å². The van der Waals surface area contributed by atoms with Crippen LogP contribution in [0.1, 0.15) is 57.1 Å². The van der Waals surface area contributed by atoms with Gasteiger partial charge < -0.3 is 14.8 Å². The maximum atomic E-state index is 12.0. The largest absolute Gasteiger partial charge is 0.373 e. The molecule has 0 aromatic heterocycles. The second-order valence-electron chi connectivity index (χ2n) is 8.12. The van der Waals surface area contributed by atoms with Gasteiger partial charge in [0.25, 0.3) is 0 Å². The summed E-state index contributed by atoms with van der Waals surface area (Å²) < 4.78 is 11.5. The van der Waals surface area contributed by atoms with Crippen molar-refractivity contribution in [3.05, 3.63) is 35.4 Å². The quantitative estimate of drug-likeness (QED) is 0.796. The van der Waals surface area contributed by atoms with Crippen LogP contribution in [-0.2, 0) is 27.4 Å². The summed E-state index contributed by atoms with van der Waals surface area (Å²) >= 11 is 0. The first-order valence-electron chi connectivity index (χ1n) is 10.4. The molecule has 0 bridgehead atoms. The summed E-state index contributed by atoms with van der Waals surface area (Å²) in [7, 11) is 0. The van der Waals surface area contributed by atoms with Crippen molar-refractivity contribution < 1.29 is 14.3 Å². The number of nitrogens with zero attached hydrogens (tertiary/aromatic N) is 1. The monoisotopic (exact) mass is 374 g/mol. The number of morpholine rings is 1. The van der Waals surface area contributed by atoms with Crippen molar-refractivity contribution in [3.8, 4) is 0 Å². The minimum atomic E-state index is -0.0269. The second kappa shape index (κ2) is 10.2. The van der Waals surface area contributed by atoms with Gasteiger partial charge in [-0.25, -0.2) is 0 Å². The molecule has 0 spiro atoms. The molecular formula is C22H34N2O3. The van der Waals surface area contributed by atoms with Gasteiger partial charge in [0.05, 0.1) is 18.3 Å². The van der Waals surface area contributed by atoms with Gasteiger partial charge in [-0.1, -0.05) is 43.5 Å². The number of nitrogens with one attached hydrogen (secondary N) is 1. The van der Waals surface area contributed by atoms with Gasteiger partial charge in [0.15, 0.2) is 0 Å². The van der Waals surface area contributed by atoms with Crippen LogP contribution < -0.4 is 5.32 Å². The third-order valence-corrected chi connectivity index (χ3v) is 5.42. The molecule has 1 heterocycles. The number of amides is 1. The van der Waals surface area contributed by atoms with Crippen LogP contribution in [0.4, 0.5) is 0 Å². The van der Waals surface area contributed by atoms with E-state index in [1.165, 1.54) is 24.8 Å². The highest BCUT2D eigenvalue weighted by molar-refractivity contribution is 5.77. The van der Waals surface area contributed by atoms with Crippen molar-refractivity contribution in [1.29, 1.82) is 0 Å². The first-order valence-corrected chi connectivity index (χ1v) is 10.4. The van der Waals surface area contributed by atoms with Crippen LogP contribution in [-0.4, -0.2) is 48.8 Å². The Kier molecular flexibility index (Phi) is 7.68. The lowest BCUT2D eigenvalue weighted by atomic mass is 9.98. The van der Waals surface area contributed by atoms with Crippen LogP contribution in [0.25, 0.3) is 0 Å². The number of hydrogen-bond acceptors (Lipinski definition) is 4. The molecule has 1 aliphatic carbocycles. The van der Waals surface area contributed by atoms with Gasteiger partial charge in [-0.05, 0) is 37.8 Å². The third kappa shape index (κ3) is 6.91. The zero-order valence-electron chi connectivity index (χ0n) is 16.8. The molecule has 1 aromatic carbocycles. The molecule has 1 saturated heterocycles. The second-order valence-corrected chi connectivity index (χ2v) is 8.12. The minimum absolute atomic E-state index is 0.0269. The number of carbonyl (C=O) groups is 1. The molecule has 0 radical (unpaired) electrons. The molecule has 2 aliphatic rings. The number of hydrogen-bond donors (Lipinski definition) is 1. The van der Waals surface area contributed by atoms with E-state index in [9.17, 15) is 4.79 Å². The fourth-order valence-corrected chi connectivity index (χ4v) is 4.11. The summed E-state index contributed by atoms with van der Waals surface area (Å²) in [6.07, 6.45) is 6.78. The van der Waals surface area contributed by atoms with Gasteiger partial charge in [0.1, 0.15) is 6.61 Å². The predicted molar refractivity (Wildman–Crippen MR) is 106 cm³/mol. The Morgan fingerprint density at radius 1 is 1.07 bits per heavy atom. The highest BCUT2D eigenvalue weighted by Gasteiger charge is 2.22. The Bertz CT molecular complexity index is 574. The Labute approximate surface area is 163 Å². The van der Waals surface area contributed by atoms with Gasteiger partial charge in [0, 0.05) is 26.2 Å². The lowest BCUT2D eigenvalue weighted by Crippen LogP contribution is -2.44. The molecule has 2 unspecified atom stereocenters. The topological polar surface area (TPSA) is 50.8 Å². The minimum Gasteiger partial charge on any atom is -0.373 e. The van der Waals surface area contributed by atoms with E-state index in [2.05, 4.69) is 48.3 Å². The number of carbonyl (C=O) groups excluding carboxylic acids is 1. The summed E-state index contributed by atoms with van der Waals surface area (Å²) in [6.45, 7) is 7.89. The molecule has 3 rings (SSSR count). The SMILES string of the molecule is CC1CN(Cc2ccc(CNC(=O)COC3CCCCC3)cc2)CC(C)O1. The molecule has 2 fully saturated rings. The predicted octanol–water partition coefficient (Wildman–Crippen LogP) is 3.26. The summed E-state index contributed by atoms with van der Waals surface area (Å²) in [6, 6.07) is 8.52. The van der Waals surface area contributed by atoms with Crippen molar-refractivity contribution >= 4 is 5.91 Å². The van der Waals surface area contributed by atoms with E-state index >= 15 is 0 Å². The normalized spacial score (nSPS) is 24.7. The fraction of sp³-hybridized carbons (Fsp3) is 0.682. The van der Waals surface area contributed by atoms with Gasteiger partial charge in [-0.15, -0.1) is 0 Å². The highest BCUT2D eigenvalue weighted by Crippen LogP contribution is 2.20. The molecule has 27 heavy (non-hydrogen) atoms. The maximum Gasteiger partial charge on any atom is 0.246 e. The lowest BCUT2D eigenvalue weighted by Gasteiger charge is -2.35. The summed E-state index contributed by atoms with van der Waals surface area (Å²) in [5, 5.41) is 2.96. The molecule has 150 valence electrons. The smallest absolute Gasteiger partial charge is 0.246 e. The van der Waals surface area contributed by atoms with E-state index in [1.807, 2.05) is 0 Å². The Morgan fingerprint density at radius 3 is 2.37 bits per heavy atom. The fourth-order valence-electron chi connectivity index (χ4n) is 4.11. The zero-order chi connectivity index (χ0) is 19.1. The lowest BCUT2D eigenvalue weighted by molar-refractivity contribution is -0.128. The van der Waals surface area contributed by atoms with Gasteiger partial charge in [-0.2, -0.15) is 0 Å². The van der Waals surface area contributed by atoms with Crippen LogP contribution in [0.15, 0.2) is 24.3 Å². The van der Waals surface area contributed by atoms with E-state index in [0.717, 1.165) is 38.0 Å². The summed E-state index contributed by atoms with van der Waals surface area (Å²) in [4.78, 5) is 14.4. The van der Waals surface area contributed by atoms with Gasteiger partial charge >= 0.3 is 0 Å². The Morgan fingerprint density at radius 2 is 1.70 bits per heavy atom. The molecule has 1 N–H and O–H groups in total. The average Bonchev–Trinajstić information content (AvgIpc) is 2.66. The molecule has 5 heteroatoms. The van der Waals surface area contributed by atoms with Crippen molar-refractivity contribution in [2.45, 2.75) is 77.4 Å². The van der Waals surface area contributed by atoms with Crippen LogP contribution in [0.5, 0.6) is 0 Å². The molecule has 1 aromatic rings. The number of rotatable bonds is 7. The van der Waals surface area contributed by atoms with Crippen LogP contribution in [0.3, 0.4) is 0 Å². The molecular weight excluding hydrogens is 340 g/mol. The van der Waals surface area contributed by atoms with E-state index in [-0.39, 0.29) is 18.6 Å². The molecule has 1 aliphatic heterocycles. The zero-order valence-corrected chi connectivity index (χ0v) is 16.8. The molecule has 1 amide bonds. The Hall–Kier alpha value is -1.43. The van der Waals surface area contributed by atoms with E-state index in [1.54, 1.807) is 0 Å². The van der Waals surface area contributed by atoms with E-state index in [0.29, 0.717) is 18.8 Å². The van der Waals surface area contributed by atoms with Crippen LogP contribution in [0.2, 0.25) is 0 Å². The number of benzene rings is 1. The van der Waals surface area contributed by atoms with Crippen molar-refractivity contribution in [1.82, 2.24) is 10.2 Å². The molecule has 2 atom stereocenters. The third-order valence-electron chi connectivity index (χ3n) is 5.42. The van der Waals surface area contributed by atoms with E-state index in [4.69, 9.17) is 9.47 Å². The average molecular weight is 375 g/mol. The van der Waals surface area contributed by atoms with Crippen molar-refractivity contribution in [2.24, 2.45) is 0 Å². The molecule has 1 saturated carbocycles. The van der Waals surface area contributed by atoms with Crippen LogP contribution >= 0.6 is 0 Å². The van der Waals surface area contributed by atoms with Crippen LogP contribution in [0, 0.1) is 0 Å². The maximum absolute atomic E-state index is 12.0. The van der Waals surface area contributed by atoms with Crippen molar-refractivity contribution in [2.75, 3.05) is 19.7 Å². The standard InChI is InChI=1S/C22H34N2O3/c1-17-13-24(14-18(2)27-17)15-20-10-8-19(9-11-20)12-23-22(25)16-26-21-6-4-3-5-7-21/h8-11,17-18,21H,3-7,12-16H2,1-2H3,(H,23,25). The number of ether oxygens (including phenoxy) is 2. The van der Waals surface area contributed by atoms with Crippen molar-refractivity contribution in [3.63, 3.8) is 0 Å². The van der Waals surface area contributed by atoms with E-state index < -0.39 is 0 Å². The first-order chi connectivity index (χ1) is 13.1.